The Morgan fingerprint density at radius 1 is 1.14 bits per heavy atom. The van der Waals surface area contributed by atoms with Crippen molar-refractivity contribution in [1.29, 1.82) is 0 Å². The van der Waals surface area contributed by atoms with E-state index in [-0.39, 0.29) is 12.5 Å². The molecule has 22 heavy (non-hydrogen) atoms. The van der Waals surface area contributed by atoms with Crippen molar-refractivity contribution in [2.45, 2.75) is 19.4 Å². The number of aliphatic hydroxyl groups excluding tert-OH is 1. The molecule has 2 rings (SSSR count). The van der Waals surface area contributed by atoms with Gasteiger partial charge in [0.1, 0.15) is 5.75 Å². The first-order valence-corrected chi connectivity index (χ1v) is 7.32. The SMILES string of the molecule is CCc1ccc(C(CO)NC(=O)c2ccc(OC)cc2)cc1. The molecule has 0 spiro atoms. The van der Waals surface area contributed by atoms with Crippen LogP contribution in [0.15, 0.2) is 48.5 Å². The summed E-state index contributed by atoms with van der Waals surface area (Å²) in [6.45, 7) is 1.94. The predicted octanol–water partition coefficient (Wildman–Crippen LogP) is 2.72. The van der Waals surface area contributed by atoms with Crippen LogP contribution in [0.4, 0.5) is 0 Å². The smallest absolute Gasteiger partial charge is 0.251 e. The standard InChI is InChI=1S/C18H21NO3/c1-3-13-4-6-14(7-5-13)17(12-20)19-18(21)15-8-10-16(22-2)11-9-15/h4-11,17,20H,3,12H2,1-2H3,(H,19,21). The van der Waals surface area contributed by atoms with Crippen molar-refractivity contribution >= 4 is 5.91 Å². The van der Waals surface area contributed by atoms with Crippen molar-refractivity contribution in [3.63, 3.8) is 0 Å². The van der Waals surface area contributed by atoms with Crippen molar-refractivity contribution in [3.8, 4) is 5.75 Å². The maximum atomic E-state index is 12.2. The highest BCUT2D eigenvalue weighted by molar-refractivity contribution is 5.94. The van der Waals surface area contributed by atoms with Crippen LogP contribution in [0.5, 0.6) is 5.75 Å². The van der Waals surface area contributed by atoms with Gasteiger partial charge in [0, 0.05) is 5.56 Å². The van der Waals surface area contributed by atoms with Gasteiger partial charge in [-0.1, -0.05) is 31.2 Å². The minimum atomic E-state index is -0.416. The molecule has 1 atom stereocenters. The molecule has 2 N–H and O–H groups in total. The van der Waals surface area contributed by atoms with Gasteiger partial charge in [-0.05, 0) is 41.8 Å². The molecule has 0 fully saturated rings. The van der Waals surface area contributed by atoms with E-state index in [0.29, 0.717) is 11.3 Å². The molecule has 0 saturated carbocycles. The highest BCUT2D eigenvalue weighted by Crippen LogP contribution is 2.16. The van der Waals surface area contributed by atoms with Crippen molar-refractivity contribution in [2.24, 2.45) is 0 Å². The molecule has 1 unspecified atom stereocenters. The number of benzene rings is 2. The van der Waals surface area contributed by atoms with Gasteiger partial charge in [0.15, 0.2) is 0 Å². The average molecular weight is 299 g/mol. The highest BCUT2D eigenvalue weighted by Gasteiger charge is 2.15. The first-order chi connectivity index (χ1) is 10.7. The van der Waals surface area contributed by atoms with E-state index < -0.39 is 6.04 Å². The lowest BCUT2D eigenvalue weighted by Crippen LogP contribution is -2.30. The zero-order valence-corrected chi connectivity index (χ0v) is 12.9. The summed E-state index contributed by atoms with van der Waals surface area (Å²) in [4.78, 5) is 12.2. The number of methoxy groups -OCH3 is 1. The van der Waals surface area contributed by atoms with Gasteiger partial charge in [0.25, 0.3) is 5.91 Å². The third-order valence-electron chi connectivity index (χ3n) is 3.63. The monoisotopic (exact) mass is 299 g/mol. The van der Waals surface area contributed by atoms with Crippen molar-refractivity contribution in [2.75, 3.05) is 13.7 Å². The summed E-state index contributed by atoms with van der Waals surface area (Å²) in [5.74, 6) is 0.478. The molecule has 0 heterocycles. The van der Waals surface area contributed by atoms with E-state index in [0.717, 1.165) is 12.0 Å². The van der Waals surface area contributed by atoms with Gasteiger partial charge in [-0.15, -0.1) is 0 Å². The van der Waals surface area contributed by atoms with E-state index in [1.54, 1.807) is 31.4 Å². The number of carbonyl (C=O) groups is 1. The third kappa shape index (κ3) is 3.86. The molecule has 0 aliphatic carbocycles. The lowest BCUT2D eigenvalue weighted by atomic mass is 10.0. The number of ether oxygens (including phenoxy) is 1. The second-order valence-electron chi connectivity index (χ2n) is 5.03. The average Bonchev–Trinajstić information content (AvgIpc) is 2.59. The Balaban J connectivity index is 2.09. The quantitative estimate of drug-likeness (QED) is 0.862. The normalized spacial score (nSPS) is 11.8. The zero-order chi connectivity index (χ0) is 15.9. The van der Waals surface area contributed by atoms with Crippen molar-refractivity contribution in [1.82, 2.24) is 5.32 Å². The molecule has 0 aromatic heterocycles. The number of amides is 1. The van der Waals surface area contributed by atoms with Crippen LogP contribution in [-0.4, -0.2) is 24.7 Å². The number of hydrogen-bond donors (Lipinski definition) is 2. The van der Waals surface area contributed by atoms with E-state index in [1.807, 2.05) is 24.3 Å². The van der Waals surface area contributed by atoms with E-state index >= 15 is 0 Å². The fraction of sp³-hybridized carbons (Fsp3) is 0.278. The van der Waals surface area contributed by atoms with Gasteiger partial charge in [-0.25, -0.2) is 0 Å². The summed E-state index contributed by atoms with van der Waals surface area (Å²) in [5, 5.41) is 12.4. The topological polar surface area (TPSA) is 58.6 Å². The van der Waals surface area contributed by atoms with Gasteiger partial charge >= 0.3 is 0 Å². The summed E-state index contributed by atoms with van der Waals surface area (Å²) >= 11 is 0. The van der Waals surface area contributed by atoms with Gasteiger partial charge in [0.05, 0.1) is 19.8 Å². The number of rotatable bonds is 6. The van der Waals surface area contributed by atoms with Gasteiger partial charge in [-0.3, -0.25) is 4.79 Å². The van der Waals surface area contributed by atoms with Crippen LogP contribution in [0, 0.1) is 0 Å². The molecule has 0 aliphatic rings. The first-order valence-electron chi connectivity index (χ1n) is 7.32. The largest absolute Gasteiger partial charge is 0.497 e. The number of hydrogen-bond acceptors (Lipinski definition) is 3. The Kier molecular flexibility index (Phi) is 5.55. The predicted molar refractivity (Wildman–Crippen MR) is 86.1 cm³/mol. The molecule has 0 bridgehead atoms. The van der Waals surface area contributed by atoms with E-state index in [4.69, 9.17) is 4.74 Å². The molecule has 0 aliphatic heterocycles. The summed E-state index contributed by atoms with van der Waals surface area (Å²) in [6.07, 6.45) is 0.961. The Morgan fingerprint density at radius 3 is 2.27 bits per heavy atom. The van der Waals surface area contributed by atoms with Crippen LogP contribution in [0.1, 0.15) is 34.5 Å². The lowest BCUT2D eigenvalue weighted by molar-refractivity contribution is 0.0916. The Morgan fingerprint density at radius 2 is 1.77 bits per heavy atom. The Hall–Kier alpha value is -2.33. The highest BCUT2D eigenvalue weighted by atomic mass is 16.5. The number of carbonyl (C=O) groups excluding carboxylic acids is 1. The molecule has 0 saturated heterocycles. The maximum absolute atomic E-state index is 12.2. The Bertz CT molecular complexity index is 605. The van der Waals surface area contributed by atoms with Crippen LogP contribution in [0.25, 0.3) is 0 Å². The van der Waals surface area contributed by atoms with Crippen LogP contribution in [0.3, 0.4) is 0 Å². The fourth-order valence-corrected chi connectivity index (χ4v) is 2.20. The van der Waals surface area contributed by atoms with Crippen LogP contribution in [-0.2, 0) is 6.42 Å². The third-order valence-corrected chi connectivity index (χ3v) is 3.63. The molecule has 0 radical (unpaired) electrons. The van der Waals surface area contributed by atoms with Crippen LogP contribution >= 0.6 is 0 Å². The molecule has 116 valence electrons. The van der Waals surface area contributed by atoms with Gasteiger partial charge in [-0.2, -0.15) is 0 Å². The van der Waals surface area contributed by atoms with Gasteiger partial charge in [0.2, 0.25) is 0 Å². The van der Waals surface area contributed by atoms with E-state index in [9.17, 15) is 9.90 Å². The number of nitrogens with one attached hydrogen (secondary N) is 1. The van der Waals surface area contributed by atoms with Gasteiger partial charge < -0.3 is 15.2 Å². The molecular weight excluding hydrogens is 278 g/mol. The molecule has 4 nitrogen and oxygen atoms in total. The zero-order valence-electron chi connectivity index (χ0n) is 12.9. The van der Waals surface area contributed by atoms with Crippen molar-refractivity contribution in [3.05, 3.63) is 65.2 Å². The molecule has 2 aromatic rings. The first kappa shape index (κ1) is 16.0. The minimum absolute atomic E-state index is 0.145. The minimum Gasteiger partial charge on any atom is -0.497 e. The molecule has 1 amide bonds. The number of aliphatic hydroxyl groups is 1. The lowest BCUT2D eigenvalue weighted by Gasteiger charge is -2.17. The number of aryl methyl sites for hydroxylation is 1. The molecular formula is C18H21NO3. The van der Waals surface area contributed by atoms with E-state index in [1.165, 1.54) is 5.56 Å². The second-order valence-corrected chi connectivity index (χ2v) is 5.03. The summed E-state index contributed by atoms with van der Waals surface area (Å²) in [5.41, 5.74) is 2.65. The summed E-state index contributed by atoms with van der Waals surface area (Å²) < 4.78 is 5.07. The second kappa shape index (κ2) is 7.61. The fourth-order valence-electron chi connectivity index (χ4n) is 2.20. The van der Waals surface area contributed by atoms with Crippen LogP contribution < -0.4 is 10.1 Å². The van der Waals surface area contributed by atoms with E-state index in [2.05, 4.69) is 12.2 Å². The molecule has 2 aromatic carbocycles. The maximum Gasteiger partial charge on any atom is 0.251 e. The summed E-state index contributed by atoms with van der Waals surface area (Å²) in [7, 11) is 1.58. The van der Waals surface area contributed by atoms with Crippen LogP contribution in [0.2, 0.25) is 0 Å². The van der Waals surface area contributed by atoms with Crippen molar-refractivity contribution < 1.29 is 14.6 Å². The molecule has 4 heteroatoms. The summed E-state index contributed by atoms with van der Waals surface area (Å²) in [6, 6.07) is 14.3. The Labute approximate surface area is 130 Å².